The van der Waals surface area contributed by atoms with Gasteiger partial charge in [-0.25, -0.2) is 24.2 Å². The highest BCUT2D eigenvalue weighted by Gasteiger charge is 2.23. The molecule has 0 radical (unpaired) electrons. The second-order valence-corrected chi connectivity index (χ2v) is 6.97. The summed E-state index contributed by atoms with van der Waals surface area (Å²) in [6.07, 6.45) is 4.94. The lowest BCUT2D eigenvalue weighted by Gasteiger charge is -2.22. The van der Waals surface area contributed by atoms with Gasteiger partial charge < -0.3 is 19.9 Å². The number of pyridine rings is 1. The standard InChI is InChI=1S/C18H25N7O3/c1-14(2)11-28-18(27)24-7-3-6-23(8-9-24)17(26)22-15-4-5-16(20-10-15)25-13-19-12-21-25/h4-5,10,12-14H,3,6-9,11H2,1-2H3,(H,22,26). The van der Waals surface area contributed by atoms with Gasteiger partial charge in [-0.05, 0) is 24.5 Å². The molecule has 0 unspecified atom stereocenters. The average Bonchev–Trinajstić information content (AvgIpc) is 3.10. The van der Waals surface area contributed by atoms with Crippen LogP contribution in [-0.2, 0) is 4.74 Å². The molecule has 1 saturated heterocycles. The molecule has 0 atom stereocenters. The maximum absolute atomic E-state index is 12.6. The molecule has 28 heavy (non-hydrogen) atoms. The Morgan fingerprint density at radius 2 is 1.96 bits per heavy atom. The number of anilines is 1. The molecule has 10 nitrogen and oxygen atoms in total. The highest BCUT2D eigenvalue weighted by atomic mass is 16.6. The van der Waals surface area contributed by atoms with Crippen molar-refractivity contribution in [1.82, 2.24) is 29.5 Å². The Kier molecular flexibility index (Phi) is 6.41. The van der Waals surface area contributed by atoms with Crippen molar-refractivity contribution in [1.29, 1.82) is 0 Å². The number of rotatable bonds is 4. The van der Waals surface area contributed by atoms with Gasteiger partial charge in [-0.15, -0.1) is 0 Å². The predicted molar refractivity (Wildman–Crippen MR) is 102 cm³/mol. The van der Waals surface area contributed by atoms with E-state index in [-0.39, 0.29) is 12.1 Å². The molecule has 0 aliphatic carbocycles. The van der Waals surface area contributed by atoms with Gasteiger partial charge >= 0.3 is 12.1 Å². The van der Waals surface area contributed by atoms with Gasteiger partial charge in [0.2, 0.25) is 0 Å². The summed E-state index contributed by atoms with van der Waals surface area (Å²) in [5.41, 5.74) is 0.589. The van der Waals surface area contributed by atoms with Crippen LogP contribution in [0.1, 0.15) is 20.3 Å². The monoisotopic (exact) mass is 387 g/mol. The minimum atomic E-state index is -0.316. The first-order valence-corrected chi connectivity index (χ1v) is 9.31. The fourth-order valence-electron chi connectivity index (χ4n) is 2.76. The van der Waals surface area contributed by atoms with Gasteiger partial charge in [0.1, 0.15) is 12.7 Å². The van der Waals surface area contributed by atoms with Crippen LogP contribution >= 0.6 is 0 Å². The maximum Gasteiger partial charge on any atom is 0.409 e. The van der Waals surface area contributed by atoms with Crippen LogP contribution in [0, 0.1) is 5.92 Å². The first-order valence-electron chi connectivity index (χ1n) is 9.31. The van der Waals surface area contributed by atoms with E-state index in [2.05, 4.69) is 20.4 Å². The number of nitrogens with zero attached hydrogens (tertiary/aromatic N) is 6. The first-order chi connectivity index (χ1) is 13.5. The van der Waals surface area contributed by atoms with Crippen molar-refractivity contribution in [3.8, 4) is 5.82 Å². The summed E-state index contributed by atoms with van der Waals surface area (Å²) in [5.74, 6) is 0.906. The Morgan fingerprint density at radius 1 is 1.18 bits per heavy atom. The Balaban J connectivity index is 1.51. The van der Waals surface area contributed by atoms with E-state index in [1.54, 1.807) is 34.5 Å². The number of hydrogen-bond acceptors (Lipinski definition) is 6. The van der Waals surface area contributed by atoms with Gasteiger partial charge in [0, 0.05) is 26.2 Å². The van der Waals surface area contributed by atoms with Gasteiger partial charge in [0.25, 0.3) is 0 Å². The fourth-order valence-corrected chi connectivity index (χ4v) is 2.76. The summed E-state index contributed by atoms with van der Waals surface area (Å²) in [4.78, 5) is 36.2. The second-order valence-electron chi connectivity index (χ2n) is 6.97. The molecule has 0 saturated carbocycles. The summed E-state index contributed by atoms with van der Waals surface area (Å²) in [7, 11) is 0. The van der Waals surface area contributed by atoms with Gasteiger partial charge in [-0.3, -0.25) is 0 Å². The highest BCUT2D eigenvalue weighted by molar-refractivity contribution is 5.89. The molecule has 3 rings (SSSR count). The quantitative estimate of drug-likeness (QED) is 0.860. The van der Waals surface area contributed by atoms with Gasteiger partial charge in [0.05, 0.1) is 18.5 Å². The van der Waals surface area contributed by atoms with Crippen LogP contribution in [0.2, 0.25) is 0 Å². The summed E-state index contributed by atoms with van der Waals surface area (Å²) in [6, 6.07) is 3.29. The molecule has 0 bridgehead atoms. The van der Waals surface area contributed by atoms with Crippen molar-refractivity contribution in [3.63, 3.8) is 0 Å². The first kappa shape index (κ1) is 19.6. The molecule has 1 aliphatic heterocycles. The van der Waals surface area contributed by atoms with Crippen LogP contribution in [0.25, 0.3) is 5.82 Å². The summed E-state index contributed by atoms with van der Waals surface area (Å²) in [5, 5.41) is 6.85. The van der Waals surface area contributed by atoms with Crippen LogP contribution in [0.4, 0.5) is 15.3 Å². The van der Waals surface area contributed by atoms with Crippen molar-refractivity contribution >= 4 is 17.8 Å². The van der Waals surface area contributed by atoms with Crippen LogP contribution in [-0.4, -0.2) is 74.5 Å². The molecule has 150 valence electrons. The van der Waals surface area contributed by atoms with Crippen LogP contribution in [0.5, 0.6) is 0 Å². The SMILES string of the molecule is CC(C)COC(=O)N1CCCN(C(=O)Nc2ccc(-n3cncn3)nc2)CC1. The number of carbonyl (C=O) groups is 2. The number of carbonyl (C=O) groups excluding carboxylic acids is 2. The molecule has 2 aromatic heterocycles. The van der Waals surface area contributed by atoms with E-state index < -0.39 is 0 Å². The molecule has 1 N–H and O–H groups in total. The lowest BCUT2D eigenvalue weighted by atomic mass is 10.2. The Labute approximate surface area is 163 Å². The van der Waals surface area contributed by atoms with E-state index in [0.29, 0.717) is 56.6 Å². The van der Waals surface area contributed by atoms with E-state index in [0.717, 1.165) is 0 Å². The van der Waals surface area contributed by atoms with Crippen LogP contribution < -0.4 is 5.32 Å². The normalized spacial score (nSPS) is 14.7. The van der Waals surface area contributed by atoms with Gasteiger partial charge in [-0.2, -0.15) is 5.10 Å². The average molecular weight is 387 g/mol. The maximum atomic E-state index is 12.6. The van der Waals surface area contributed by atoms with Crippen LogP contribution in [0.15, 0.2) is 31.0 Å². The molecule has 3 amide bonds. The molecule has 3 heterocycles. The molecule has 0 spiro atoms. The van der Waals surface area contributed by atoms with Crippen molar-refractivity contribution in [2.24, 2.45) is 5.92 Å². The smallest absolute Gasteiger partial charge is 0.409 e. The molecule has 0 aromatic carbocycles. The number of amides is 3. The lowest BCUT2D eigenvalue weighted by molar-refractivity contribution is 0.0934. The number of aromatic nitrogens is 4. The molecular formula is C18H25N7O3. The third-order valence-electron chi connectivity index (χ3n) is 4.23. The zero-order chi connectivity index (χ0) is 19.9. The number of urea groups is 1. The summed E-state index contributed by atoms with van der Waals surface area (Å²) in [6.45, 7) is 6.45. The third kappa shape index (κ3) is 5.18. The largest absolute Gasteiger partial charge is 0.449 e. The minimum Gasteiger partial charge on any atom is -0.449 e. The Bertz CT molecular complexity index is 777. The molecular weight excluding hydrogens is 362 g/mol. The predicted octanol–water partition coefficient (Wildman–Crippen LogP) is 1.99. The summed E-state index contributed by atoms with van der Waals surface area (Å²) < 4.78 is 6.81. The van der Waals surface area contributed by atoms with E-state index in [1.807, 2.05) is 13.8 Å². The molecule has 1 fully saturated rings. The van der Waals surface area contributed by atoms with E-state index in [1.165, 1.54) is 11.0 Å². The number of ether oxygens (including phenoxy) is 1. The number of hydrogen-bond donors (Lipinski definition) is 1. The third-order valence-corrected chi connectivity index (χ3v) is 4.23. The topological polar surface area (TPSA) is 105 Å². The summed E-state index contributed by atoms with van der Waals surface area (Å²) >= 11 is 0. The molecule has 2 aromatic rings. The molecule has 1 aliphatic rings. The highest BCUT2D eigenvalue weighted by Crippen LogP contribution is 2.12. The minimum absolute atomic E-state index is 0.215. The van der Waals surface area contributed by atoms with Crippen molar-refractivity contribution in [3.05, 3.63) is 31.0 Å². The van der Waals surface area contributed by atoms with Crippen molar-refractivity contribution in [2.75, 3.05) is 38.1 Å². The van der Waals surface area contributed by atoms with Crippen molar-refractivity contribution in [2.45, 2.75) is 20.3 Å². The van der Waals surface area contributed by atoms with Crippen LogP contribution in [0.3, 0.4) is 0 Å². The zero-order valence-electron chi connectivity index (χ0n) is 16.1. The van der Waals surface area contributed by atoms with Gasteiger partial charge in [0.15, 0.2) is 5.82 Å². The Morgan fingerprint density at radius 3 is 2.64 bits per heavy atom. The number of nitrogens with one attached hydrogen (secondary N) is 1. The van der Waals surface area contributed by atoms with E-state index >= 15 is 0 Å². The van der Waals surface area contributed by atoms with E-state index in [4.69, 9.17) is 4.74 Å². The fraction of sp³-hybridized carbons (Fsp3) is 0.500. The second kappa shape index (κ2) is 9.16. The zero-order valence-corrected chi connectivity index (χ0v) is 16.1. The van der Waals surface area contributed by atoms with E-state index in [9.17, 15) is 9.59 Å². The lowest BCUT2D eigenvalue weighted by Crippen LogP contribution is -2.39. The molecule has 10 heteroatoms. The van der Waals surface area contributed by atoms with Gasteiger partial charge in [-0.1, -0.05) is 13.8 Å². The Hall–Kier alpha value is -3.17. The van der Waals surface area contributed by atoms with Crippen molar-refractivity contribution < 1.29 is 14.3 Å².